The normalized spacial score (nSPS) is 12.4. The summed E-state index contributed by atoms with van der Waals surface area (Å²) in [7, 11) is 0. The summed E-state index contributed by atoms with van der Waals surface area (Å²) in [5.41, 5.74) is 21.2. The summed E-state index contributed by atoms with van der Waals surface area (Å²) in [6.45, 7) is -0.196. The van der Waals surface area contributed by atoms with Gasteiger partial charge in [-0.3, -0.25) is 0 Å². The van der Waals surface area contributed by atoms with Gasteiger partial charge in [-0.2, -0.15) is 0 Å². The monoisotopic (exact) mass is 921 g/mol. The van der Waals surface area contributed by atoms with Gasteiger partial charge >= 0.3 is 6.85 Å². The van der Waals surface area contributed by atoms with Crippen molar-refractivity contribution in [2.24, 2.45) is 0 Å². The topological polar surface area (TPSA) is 9.72 Å². The molecule has 0 atom stereocenters. The van der Waals surface area contributed by atoms with Crippen LogP contribution in [0.1, 0.15) is 0 Å². The van der Waals surface area contributed by atoms with Crippen LogP contribution in [0.2, 0.25) is 0 Å². The Labute approximate surface area is 418 Å². The Balaban J connectivity index is 1.11. The molecule has 0 unspecified atom stereocenters. The second kappa shape index (κ2) is 17.0. The van der Waals surface area contributed by atoms with Crippen LogP contribution in [0, 0.1) is 0 Å². The van der Waals surface area contributed by atoms with Gasteiger partial charge in [0.2, 0.25) is 0 Å². The molecule has 12 aromatic rings. The van der Waals surface area contributed by atoms with Gasteiger partial charge in [-0.15, -0.1) is 11.3 Å². The van der Waals surface area contributed by atoms with Crippen molar-refractivity contribution in [1.82, 2.24) is 0 Å². The van der Waals surface area contributed by atoms with Crippen molar-refractivity contribution in [3.8, 4) is 44.5 Å². The Hall–Kier alpha value is -8.90. The van der Waals surface area contributed by atoms with Crippen LogP contribution in [0.3, 0.4) is 0 Å². The Bertz CT molecular complexity index is 3910. The van der Waals surface area contributed by atoms with Gasteiger partial charge in [0.25, 0.3) is 0 Å². The van der Waals surface area contributed by atoms with E-state index in [0.29, 0.717) is 0 Å². The number of anilines is 8. The lowest BCUT2D eigenvalue weighted by molar-refractivity contribution is 1.26. The van der Waals surface area contributed by atoms with E-state index in [9.17, 15) is 0 Å². The molecule has 0 N–H and O–H groups in total. The van der Waals surface area contributed by atoms with Crippen LogP contribution >= 0.6 is 11.3 Å². The first-order chi connectivity index (χ1) is 35.2. The number of hydrogen-bond acceptors (Lipinski definition) is 4. The van der Waals surface area contributed by atoms with Crippen molar-refractivity contribution in [2.45, 2.75) is 0 Å². The van der Waals surface area contributed by atoms with Gasteiger partial charge in [0.15, 0.2) is 0 Å². The molecule has 3 heterocycles. The predicted molar refractivity (Wildman–Crippen MR) is 304 cm³/mol. The smallest absolute Gasteiger partial charge is 0.333 e. The average molecular weight is 922 g/mol. The Morgan fingerprint density at radius 2 is 0.887 bits per heavy atom. The SMILES string of the molecule is c1ccc(-c2cccc(N3B4c5ccc(-c6ccccc6)cc5N(c5cccc(-c6ccccc6)c5)c5cc6c(sc7ccccc76)c(c54)-c4ccc(N(c5ccccc5)c5ccccc5)cc43)c2)cc1. The van der Waals surface area contributed by atoms with E-state index in [-0.39, 0.29) is 6.85 Å². The van der Waals surface area contributed by atoms with E-state index in [0.717, 1.165) is 39.8 Å². The molecule has 0 saturated carbocycles. The lowest BCUT2D eigenvalue weighted by atomic mass is 9.43. The summed E-state index contributed by atoms with van der Waals surface area (Å²) in [6, 6.07) is 98.1. The number of rotatable bonds is 8. The highest BCUT2D eigenvalue weighted by molar-refractivity contribution is 7.26. The summed E-state index contributed by atoms with van der Waals surface area (Å²) in [6.07, 6.45) is 0. The number of nitrogens with zero attached hydrogens (tertiary/aromatic N) is 3. The molecule has 2 aliphatic heterocycles. The zero-order valence-electron chi connectivity index (χ0n) is 38.7. The summed E-state index contributed by atoms with van der Waals surface area (Å²) >= 11 is 1.92. The molecular formula is C66H44BN3S. The quantitative estimate of drug-likeness (QED) is 0.141. The Morgan fingerprint density at radius 1 is 0.352 bits per heavy atom. The lowest BCUT2D eigenvalue weighted by Gasteiger charge is -2.46. The van der Waals surface area contributed by atoms with E-state index in [1.54, 1.807) is 0 Å². The molecule has 2 aliphatic rings. The highest BCUT2D eigenvalue weighted by Crippen LogP contribution is 2.53. The second-order valence-corrected chi connectivity index (χ2v) is 19.5. The number of para-hydroxylation sites is 2. The van der Waals surface area contributed by atoms with Crippen molar-refractivity contribution in [3.63, 3.8) is 0 Å². The van der Waals surface area contributed by atoms with Gasteiger partial charge in [0, 0.05) is 76.8 Å². The van der Waals surface area contributed by atoms with Gasteiger partial charge < -0.3 is 14.6 Å². The number of fused-ring (bicyclic) bond motifs is 8. The van der Waals surface area contributed by atoms with Crippen molar-refractivity contribution in [1.29, 1.82) is 0 Å². The molecule has 71 heavy (non-hydrogen) atoms. The standard InChI is InChI=1S/C66H44BN3S/c1-6-20-45(21-7-1)48-26-18-32-53(40-48)69-61-42-50(47-24-10-3-11-25-47)36-39-59(61)67-65-62(69)44-58-56-34-16-17-35-63(56)71-66(58)64(65)57-38-37-54(68(51-28-12-4-13-29-51)52-30-14-5-15-31-52)43-60(57)70(67)55-33-19-27-49(41-55)46-22-8-2-9-23-46/h1-44H. The highest BCUT2D eigenvalue weighted by Gasteiger charge is 2.46. The van der Waals surface area contributed by atoms with Crippen LogP contribution in [-0.4, -0.2) is 6.85 Å². The molecule has 0 saturated heterocycles. The second-order valence-electron chi connectivity index (χ2n) is 18.4. The fourth-order valence-electron chi connectivity index (χ4n) is 11.2. The molecule has 5 heteroatoms. The van der Waals surface area contributed by atoms with Crippen LogP contribution < -0.4 is 25.5 Å². The molecule has 1 aromatic heterocycles. The van der Waals surface area contributed by atoms with Crippen molar-refractivity contribution >= 4 is 94.8 Å². The van der Waals surface area contributed by atoms with E-state index in [4.69, 9.17) is 0 Å². The molecule has 14 rings (SSSR count). The largest absolute Gasteiger partial charge is 0.376 e. The molecule has 11 aromatic carbocycles. The van der Waals surface area contributed by atoms with Gasteiger partial charge in [0.1, 0.15) is 0 Å². The van der Waals surface area contributed by atoms with E-state index in [1.165, 1.54) is 81.3 Å². The van der Waals surface area contributed by atoms with Crippen molar-refractivity contribution in [2.75, 3.05) is 14.6 Å². The van der Waals surface area contributed by atoms with Gasteiger partial charge in [-0.05, 0) is 123 Å². The minimum atomic E-state index is -0.196. The first kappa shape index (κ1) is 41.1. The van der Waals surface area contributed by atoms with Crippen LogP contribution in [-0.2, 0) is 0 Å². The van der Waals surface area contributed by atoms with E-state index in [2.05, 4.69) is 282 Å². The fourth-order valence-corrected chi connectivity index (χ4v) is 12.5. The zero-order chi connectivity index (χ0) is 46.8. The minimum Gasteiger partial charge on any atom is -0.376 e. The van der Waals surface area contributed by atoms with E-state index in [1.807, 2.05) is 11.3 Å². The Kier molecular flexibility index (Phi) is 9.82. The van der Waals surface area contributed by atoms with Gasteiger partial charge in [0.05, 0.1) is 0 Å². The average Bonchev–Trinajstić information content (AvgIpc) is 3.82. The van der Waals surface area contributed by atoms with Crippen molar-refractivity contribution < 1.29 is 0 Å². The molecule has 0 spiro atoms. The maximum Gasteiger partial charge on any atom is 0.333 e. The molecular weight excluding hydrogens is 878 g/mol. The molecule has 332 valence electrons. The van der Waals surface area contributed by atoms with Crippen molar-refractivity contribution in [3.05, 3.63) is 267 Å². The maximum atomic E-state index is 2.66. The summed E-state index contributed by atoms with van der Waals surface area (Å²) in [5.74, 6) is 0. The molecule has 3 nitrogen and oxygen atoms in total. The molecule has 0 fully saturated rings. The van der Waals surface area contributed by atoms with Crippen LogP contribution in [0.25, 0.3) is 64.7 Å². The third-order valence-corrected chi connectivity index (χ3v) is 15.6. The molecule has 0 amide bonds. The number of hydrogen-bond donors (Lipinski definition) is 0. The van der Waals surface area contributed by atoms with Gasteiger partial charge in [-0.1, -0.05) is 188 Å². The third-order valence-electron chi connectivity index (χ3n) is 14.4. The van der Waals surface area contributed by atoms with Crippen LogP contribution in [0.5, 0.6) is 0 Å². The number of thiophene rings is 1. The maximum absolute atomic E-state index is 2.66. The molecule has 0 aliphatic carbocycles. The zero-order valence-corrected chi connectivity index (χ0v) is 39.5. The first-order valence-corrected chi connectivity index (χ1v) is 25.2. The van der Waals surface area contributed by atoms with Crippen LogP contribution in [0.15, 0.2) is 267 Å². The third kappa shape index (κ3) is 6.88. The predicted octanol–water partition coefficient (Wildman–Crippen LogP) is 17.2. The molecule has 0 bridgehead atoms. The lowest BCUT2D eigenvalue weighted by Crippen LogP contribution is -2.61. The van der Waals surface area contributed by atoms with E-state index < -0.39 is 0 Å². The molecule has 0 radical (unpaired) electrons. The minimum absolute atomic E-state index is 0.196. The fraction of sp³-hybridized carbons (Fsp3) is 0. The van der Waals surface area contributed by atoms with Gasteiger partial charge in [-0.25, -0.2) is 0 Å². The summed E-state index contributed by atoms with van der Waals surface area (Å²) in [4.78, 5) is 7.62. The Morgan fingerprint density at radius 3 is 1.52 bits per heavy atom. The summed E-state index contributed by atoms with van der Waals surface area (Å²) in [5, 5.41) is 2.55. The van der Waals surface area contributed by atoms with Crippen LogP contribution in [0.4, 0.5) is 45.5 Å². The van der Waals surface area contributed by atoms with E-state index >= 15 is 0 Å². The number of benzene rings is 11. The summed E-state index contributed by atoms with van der Waals surface area (Å²) < 4.78 is 2.60. The highest BCUT2D eigenvalue weighted by atomic mass is 32.1. The first-order valence-electron chi connectivity index (χ1n) is 24.4.